The number of para-hydroxylation sites is 1. The van der Waals surface area contributed by atoms with Crippen LogP contribution >= 0.6 is 0 Å². The molecule has 9 nitrogen and oxygen atoms in total. The molecule has 0 saturated heterocycles. The van der Waals surface area contributed by atoms with Gasteiger partial charge in [0.2, 0.25) is 15.9 Å². The van der Waals surface area contributed by atoms with Gasteiger partial charge in [0.25, 0.3) is 0 Å². The molecule has 2 N–H and O–H groups in total. The van der Waals surface area contributed by atoms with Gasteiger partial charge in [0.1, 0.15) is 22.4 Å². The number of aromatic nitrogens is 2. The van der Waals surface area contributed by atoms with Gasteiger partial charge in [-0.15, -0.1) is 5.10 Å². The van der Waals surface area contributed by atoms with Gasteiger partial charge in [-0.2, -0.15) is 4.72 Å². The zero-order valence-electron chi connectivity index (χ0n) is 19.9. The van der Waals surface area contributed by atoms with Gasteiger partial charge in [0.05, 0.1) is 12.0 Å². The summed E-state index contributed by atoms with van der Waals surface area (Å²) < 4.78 is 55.7. The van der Waals surface area contributed by atoms with E-state index in [1.165, 1.54) is 24.3 Å². The Morgan fingerprint density at radius 3 is 2.54 bits per heavy atom. The van der Waals surface area contributed by atoms with Crippen LogP contribution in [0.4, 0.5) is 4.39 Å². The van der Waals surface area contributed by atoms with Crippen molar-refractivity contribution in [1.82, 2.24) is 14.9 Å². The summed E-state index contributed by atoms with van der Waals surface area (Å²) in [5, 5.41) is 5.92. The highest BCUT2D eigenvalue weighted by Gasteiger charge is 2.39. The van der Waals surface area contributed by atoms with Gasteiger partial charge in [-0.25, -0.2) is 22.7 Å². The fraction of sp³-hybridized carbons (Fsp3) is 0.375. The van der Waals surface area contributed by atoms with Crippen molar-refractivity contribution >= 4 is 15.8 Å². The summed E-state index contributed by atoms with van der Waals surface area (Å²) in [7, 11) is -4.37. The van der Waals surface area contributed by atoms with Crippen LogP contribution in [-0.4, -0.2) is 30.0 Å². The minimum absolute atomic E-state index is 0.0611. The van der Waals surface area contributed by atoms with Crippen LogP contribution in [0.15, 0.2) is 44.4 Å². The third-order valence-corrected chi connectivity index (χ3v) is 7.69. The van der Waals surface area contributed by atoms with E-state index in [0.29, 0.717) is 5.56 Å². The summed E-state index contributed by atoms with van der Waals surface area (Å²) in [5.74, 6) is -2.80. The lowest BCUT2D eigenvalue weighted by Crippen LogP contribution is -2.38. The Balaban J connectivity index is 1.82. The van der Waals surface area contributed by atoms with E-state index in [4.69, 9.17) is 9.15 Å². The number of benzene rings is 2. The number of nitrogens with one attached hydrogen (secondary N) is 2. The molecular formula is C24H26FN3O6S. The van der Waals surface area contributed by atoms with E-state index in [-0.39, 0.29) is 39.9 Å². The first-order valence-electron chi connectivity index (χ1n) is 11.0. The summed E-state index contributed by atoms with van der Waals surface area (Å²) in [6, 6.07) is 5.94. The molecular weight excluding hydrogens is 477 g/mol. The van der Waals surface area contributed by atoms with Gasteiger partial charge in [0.15, 0.2) is 11.5 Å². The minimum Gasteiger partial charge on any atom is -0.485 e. The quantitative estimate of drug-likeness (QED) is 0.524. The summed E-state index contributed by atoms with van der Waals surface area (Å²) >= 11 is 0. The van der Waals surface area contributed by atoms with Gasteiger partial charge >= 0.3 is 5.76 Å². The van der Waals surface area contributed by atoms with Crippen molar-refractivity contribution in [2.75, 3.05) is 0 Å². The Morgan fingerprint density at radius 2 is 1.89 bits per heavy atom. The van der Waals surface area contributed by atoms with E-state index in [1.54, 1.807) is 33.8 Å². The van der Waals surface area contributed by atoms with Crippen molar-refractivity contribution in [2.45, 2.75) is 63.5 Å². The van der Waals surface area contributed by atoms with E-state index in [1.807, 2.05) is 6.92 Å². The van der Waals surface area contributed by atoms with Crippen LogP contribution in [0.2, 0.25) is 0 Å². The fourth-order valence-corrected chi connectivity index (χ4v) is 5.77. The summed E-state index contributed by atoms with van der Waals surface area (Å²) in [4.78, 5) is 24.1. The smallest absolute Gasteiger partial charge is 0.434 e. The molecule has 35 heavy (non-hydrogen) atoms. The van der Waals surface area contributed by atoms with Crippen molar-refractivity contribution in [3.63, 3.8) is 0 Å². The molecule has 0 bridgehead atoms. The van der Waals surface area contributed by atoms with Gasteiger partial charge in [-0.05, 0) is 62.6 Å². The maximum Gasteiger partial charge on any atom is 0.434 e. The fourth-order valence-electron chi connectivity index (χ4n) is 4.35. The molecule has 0 saturated carbocycles. The average molecular weight is 504 g/mol. The summed E-state index contributed by atoms with van der Waals surface area (Å²) in [6.45, 7) is 8.53. The predicted molar refractivity (Wildman–Crippen MR) is 125 cm³/mol. The van der Waals surface area contributed by atoms with Gasteiger partial charge in [-0.3, -0.25) is 4.79 Å². The lowest BCUT2D eigenvalue weighted by Gasteiger charge is -2.33. The SMILES string of the molecule is Cc1ccc(F)c([C@@H](C)[C@H](NS(=O)(=O)c2cccc3c2OC(C)(C)CC3=O)c2n[nH]c(=O)o2)c1C. The Morgan fingerprint density at radius 1 is 1.17 bits per heavy atom. The number of carbonyl (C=O) groups is 1. The number of hydrogen-bond donors (Lipinski definition) is 2. The number of aromatic amines is 1. The lowest BCUT2D eigenvalue weighted by atomic mass is 9.88. The molecule has 1 aliphatic rings. The molecule has 4 rings (SSSR count). The number of aryl methyl sites for hydroxylation is 1. The Kier molecular flexibility index (Phi) is 6.18. The molecule has 2 heterocycles. The maximum atomic E-state index is 14.9. The highest BCUT2D eigenvalue weighted by atomic mass is 32.2. The summed E-state index contributed by atoms with van der Waals surface area (Å²) in [6.07, 6.45) is 0.0981. The monoisotopic (exact) mass is 503 g/mol. The van der Waals surface area contributed by atoms with Crippen LogP contribution in [0.1, 0.15) is 72.1 Å². The van der Waals surface area contributed by atoms with Gasteiger partial charge in [-0.1, -0.05) is 19.1 Å². The van der Waals surface area contributed by atoms with Crippen molar-refractivity contribution in [2.24, 2.45) is 0 Å². The first kappa shape index (κ1) is 24.8. The predicted octanol–water partition coefficient (Wildman–Crippen LogP) is 3.69. The zero-order valence-corrected chi connectivity index (χ0v) is 20.7. The number of halogens is 1. The van der Waals surface area contributed by atoms with E-state index < -0.39 is 39.2 Å². The van der Waals surface area contributed by atoms with Gasteiger partial charge < -0.3 is 9.15 Å². The van der Waals surface area contributed by atoms with E-state index >= 15 is 0 Å². The average Bonchev–Trinajstić information content (AvgIpc) is 3.19. The Labute approximate surface area is 201 Å². The first-order valence-corrected chi connectivity index (χ1v) is 12.5. The number of hydrogen-bond acceptors (Lipinski definition) is 7. The molecule has 0 amide bonds. The molecule has 1 aromatic heterocycles. The number of ketones is 1. The molecule has 0 aliphatic carbocycles. The Bertz CT molecular complexity index is 1470. The van der Waals surface area contributed by atoms with Crippen molar-refractivity contribution in [1.29, 1.82) is 0 Å². The minimum atomic E-state index is -4.37. The molecule has 2 atom stereocenters. The van der Waals surface area contributed by atoms with E-state index in [9.17, 15) is 22.4 Å². The number of ether oxygens (including phenoxy) is 1. The molecule has 0 unspecified atom stereocenters. The van der Waals surface area contributed by atoms with Crippen LogP contribution in [0.3, 0.4) is 0 Å². The molecule has 0 fully saturated rings. The van der Waals surface area contributed by atoms with Crippen molar-refractivity contribution in [3.05, 3.63) is 74.8 Å². The maximum absolute atomic E-state index is 14.9. The van der Waals surface area contributed by atoms with E-state index in [2.05, 4.69) is 14.9 Å². The second-order valence-electron chi connectivity index (χ2n) is 9.34. The molecule has 2 aromatic carbocycles. The molecule has 3 aromatic rings. The lowest BCUT2D eigenvalue weighted by molar-refractivity contribution is 0.0601. The third-order valence-electron chi connectivity index (χ3n) is 6.22. The molecule has 11 heteroatoms. The molecule has 186 valence electrons. The largest absolute Gasteiger partial charge is 0.485 e. The molecule has 0 radical (unpaired) electrons. The van der Waals surface area contributed by atoms with Crippen LogP contribution in [0.5, 0.6) is 5.75 Å². The normalized spacial score (nSPS) is 16.9. The van der Waals surface area contributed by atoms with E-state index in [0.717, 1.165) is 5.56 Å². The molecule has 1 aliphatic heterocycles. The number of Topliss-reactive ketones (excluding diaryl/α,β-unsaturated/α-hetero) is 1. The number of fused-ring (bicyclic) bond motifs is 1. The third kappa shape index (κ3) is 4.65. The van der Waals surface area contributed by atoms with Crippen LogP contribution in [0, 0.1) is 19.7 Å². The first-order chi connectivity index (χ1) is 16.3. The number of H-pyrrole nitrogens is 1. The van der Waals surface area contributed by atoms with Crippen LogP contribution < -0.4 is 15.2 Å². The van der Waals surface area contributed by atoms with Crippen molar-refractivity contribution < 1.29 is 26.8 Å². The van der Waals surface area contributed by atoms with Crippen LogP contribution in [0.25, 0.3) is 0 Å². The number of sulfonamides is 1. The number of nitrogens with zero attached hydrogens (tertiary/aromatic N) is 1. The van der Waals surface area contributed by atoms with Crippen LogP contribution in [-0.2, 0) is 10.0 Å². The van der Waals surface area contributed by atoms with Gasteiger partial charge in [0, 0.05) is 5.92 Å². The highest BCUT2D eigenvalue weighted by Crippen LogP contribution is 2.40. The molecule has 0 spiro atoms. The second-order valence-corrected chi connectivity index (χ2v) is 11.0. The Hall–Kier alpha value is -3.31. The summed E-state index contributed by atoms with van der Waals surface area (Å²) in [5.41, 5.74) is 0.950. The topological polar surface area (TPSA) is 131 Å². The standard InChI is InChI=1S/C24H26FN3O6S/c1-12-9-10-16(25)19(13(12)2)14(3)20(22-26-27-23(30)33-22)28-35(31,32)18-8-6-7-15-17(29)11-24(4,5)34-21(15)18/h6-10,14,20,28H,11H2,1-5H3,(H,27,30)/t14-,20+/m1/s1. The van der Waals surface area contributed by atoms with Crippen molar-refractivity contribution in [3.8, 4) is 5.75 Å². The zero-order chi connectivity index (χ0) is 25.7. The second kappa shape index (κ2) is 8.72. The highest BCUT2D eigenvalue weighted by molar-refractivity contribution is 7.89. The number of carbonyl (C=O) groups excluding carboxylic acids is 1. The number of rotatable bonds is 6.